The van der Waals surface area contributed by atoms with E-state index in [1.54, 1.807) is 12.1 Å². The lowest BCUT2D eigenvalue weighted by Gasteiger charge is -2.30. The lowest BCUT2D eigenvalue weighted by Crippen LogP contribution is -2.38. The molecule has 0 atom stereocenters. The van der Waals surface area contributed by atoms with Gasteiger partial charge in [-0.3, -0.25) is 14.6 Å². The number of carbonyl (C=O) groups is 2. The predicted molar refractivity (Wildman–Crippen MR) is 107 cm³/mol. The largest absolute Gasteiger partial charge is 0.337 e. The summed E-state index contributed by atoms with van der Waals surface area (Å²) in [4.78, 5) is 31.5. The van der Waals surface area contributed by atoms with Crippen LogP contribution in [0, 0.1) is 26.7 Å². The molecular weight excluding hydrogens is 338 g/mol. The maximum Gasteiger partial charge on any atom is 0.272 e. The average Bonchev–Trinajstić information content (AvgIpc) is 2.64. The first-order valence-electron chi connectivity index (χ1n) is 9.49. The van der Waals surface area contributed by atoms with E-state index in [1.807, 2.05) is 37.8 Å². The smallest absolute Gasteiger partial charge is 0.272 e. The molecule has 2 heterocycles. The van der Waals surface area contributed by atoms with Crippen LogP contribution in [0.1, 0.15) is 57.3 Å². The number of anilines is 1. The zero-order valence-electron chi connectivity index (χ0n) is 16.5. The molecule has 1 saturated heterocycles. The molecule has 0 radical (unpaired) electrons. The number of nitrogens with one attached hydrogen (secondary N) is 1. The van der Waals surface area contributed by atoms with Gasteiger partial charge in [0.2, 0.25) is 0 Å². The number of amides is 2. The van der Waals surface area contributed by atoms with Crippen LogP contribution in [0.25, 0.3) is 0 Å². The van der Waals surface area contributed by atoms with Gasteiger partial charge >= 0.3 is 0 Å². The Hall–Kier alpha value is -2.69. The van der Waals surface area contributed by atoms with Crippen molar-refractivity contribution in [2.75, 3.05) is 18.4 Å². The number of aryl methyl sites for hydroxylation is 3. The van der Waals surface area contributed by atoms with E-state index in [4.69, 9.17) is 0 Å². The maximum atomic E-state index is 12.7. The van der Waals surface area contributed by atoms with Gasteiger partial charge in [0.25, 0.3) is 11.8 Å². The fourth-order valence-corrected chi connectivity index (χ4v) is 3.63. The summed E-state index contributed by atoms with van der Waals surface area (Å²) < 4.78 is 0. The first kappa shape index (κ1) is 19.1. The lowest BCUT2D eigenvalue weighted by molar-refractivity contribution is 0.0691. The minimum Gasteiger partial charge on any atom is -0.337 e. The molecule has 1 aromatic carbocycles. The van der Waals surface area contributed by atoms with Crippen molar-refractivity contribution >= 4 is 17.5 Å². The molecule has 0 bridgehead atoms. The number of piperidine rings is 1. The van der Waals surface area contributed by atoms with Gasteiger partial charge in [0.1, 0.15) is 5.69 Å². The number of rotatable bonds is 3. The van der Waals surface area contributed by atoms with E-state index in [0.717, 1.165) is 48.3 Å². The lowest BCUT2D eigenvalue weighted by atomic mass is 9.99. The van der Waals surface area contributed by atoms with Crippen molar-refractivity contribution in [2.45, 2.75) is 40.5 Å². The monoisotopic (exact) mass is 365 g/mol. The number of pyridine rings is 1. The summed E-state index contributed by atoms with van der Waals surface area (Å²) in [6.45, 7) is 9.70. The van der Waals surface area contributed by atoms with Crippen molar-refractivity contribution in [3.05, 3.63) is 58.4 Å². The summed E-state index contributed by atoms with van der Waals surface area (Å²) in [5.41, 5.74) is 4.80. The van der Waals surface area contributed by atoms with Crippen LogP contribution < -0.4 is 5.32 Å². The first-order valence-corrected chi connectivity index (χ1v) is 9.49. The highest BCUT2D eigenvalue weighted by molar-refractivity contribution is 6.06. The summed E-state index contributed by atoms with van der Waals surface area (Å²) in [5.74, 6) is 0.327. The molecule has 27 heavy (non-hydrogen) atoms. The third-order valence-electron chi connectivity index (χ3n) is 5.23. The maximum absolute atomic E-state index is 12.7. The highest BCUT2D eigenvalue weighted by Gasteiger charge is 2.23. The van der Waals surface area contributed by atoms with E-state index < -0.39 is 0 Å². The number of nitrogens with zero attached hydrogens (tertiary/aromatic N) is 2. The van der Waals surface area contributed by atoms with Crippen LogP contribution in [0.2, 0.25) is 0 Å². The highest BCUT2D eigenvalue weighted by Crippen LogP contribution is 2.23. The van der Waals surface area contributed by atoms with E-state index in [1.165, 1.54) is 6.20 Å². The van der Waals surface area contributed by atoms with Crippen LogP contribution in [0.15, 0.2) is 30.5 Å². The van der Waals surface area contributed by atoms with Crippen LogP contribution in [-0.4, -0.2) is 34.8 Å². The van der Waals surface area contributed by atoms with Gasteiger partial charge in [0.15, 0.2) is 0 Å². The number of hydrogen-bond donors (Lipinski definition) is 1. The van der Waals surface area contributed by atoms with Gasteiger partial charge in [-0.1, -0.05) is 24.6 Å². The van der Waals surface area contributed by atoms with Crippen LogP contribution in [0.4, 0.5) is 5.69 Å². The standard InChI is InChI=1S/C22H27N3O2/c1-14-6-9-25(10-7-14)22(27)19-13-18(5-8-23-19)21(26)24-20-16(3)11-15(2)12-17(20)4/h5,8,11-14H,6-7,9-10H2,1-4H3,(H,24,26). The molecule has 0 unspecified atom stereocenters. The Kier molecular flexibility index (Phi) is 5.59. The Bertz CT molecular complexity index is 845. The Balaban J connectivity index is 1.77. The van der Waals surface area contributed by atoms with E-state index in [2.05, 4.69) is 17.2 Å². The molecule has 3 rings (SSSR count). The van der Waals surface area contributed by atoms with Gasteiger partial charge in [0, 0.05) is 30.5 Å². The molecule has 1 aliphatic heterocycles. The number of carbonyl (C=O) groups excluding carboxylic acids is 2. The van der Waals surface area contributed by atoms with Gasteiger partial charge in [-0.2, -0.15) is 0 Å². The molecule has 0 aliphatic carbocycles. The van der Waals surface area contributed by atoms with Crippen LogP contribution in [0.5, 0.6) is 0 Å². The van der Waals surface area contributed by atoms with Crippen molar-refractivity contribution in [1.29, 1.82) is 0 Å². The van der Waals surface area contributed by atoms with Gasteiger partial charge in [-0.25, -0.2) is 0 Å². The topological polar surface area (TPSA) is 62.3 Å². The number of benzene rings is 1. The quantitative estimate of drug-likeness (QED) is 0.889. The van der Waals surface area contributed by atoms with Crippen LogP contribution >= 0.6 is 0 Å². The molecule has 2 aromatic rings. The Morgan fingerprint density at radius 2 is 1.70 bits per heavy atom. The molecule has 0 saturated carbocycles. The Labute approximate surface area is 160 Å². The van der Waals surface area contributed by atoms with Gasteiger partial charge in [-0.15, -0.1) is 0 Å². The average molecular weight is 365 g/mol. The number of aromatic nitrogens is 1. The molecule has 2 amide bonds. The second-order valence-corrected chi connectivity index (χ2v) is 7.63. The molecule has 142 valence electrons. The zero-order valence-corrected chi connectivity index (χ0v) is 16.5. The minimum atomic E-state index is -0.228. The first-order chi connectivity index (χ1) is 12.8. The summed E-state index contributed by atoms with van der Waals surface area (Å²) in [7, 11) is 0. The van der Waals surface area contributed by atoms with Gasteiger partial charge < -0.3 is 10.2 Å². The van der Waals surface area contributed by atoms with E-state index in [9.17, 15) is 9.59 Å². The fourth-order valence-electron chi connectivity index (χ4n) is 3.63. The Morgan fingerprint density at radius 1 is 1.07 bits per heavy atom. The zero-order chi connectivity index (χ0) is 19.6. The molecule has 1 fully saturated rings. The highest BCUT2D eigenvalue weighted by atomic mass is 16.2. The summed E-state index contributed by atoms with van der Waals surface area (Å²) in [6, 6.07) is 7.32. The normalized spacial score (nSPS) is 14.9. The molecule has 1 aliphatic rings. The Morgan fingerprint density at radius 3 is 2.33 bits per heavy atom. The summed E-state index contributed by atoms with van der Waals surface area (Å²) in [6.07, 6.45) is 3.55. The minimum absolute atomic E-state index is 0.0979. The summed E-state index contributed by atoms with van der Waals surface area (Å²) in [5, 5.41) is 2.98. The van der Waals surface area contributed by atoms with Crippen molar-refractivity contribution in [2.24, 2.45) is 5.92 Å². The molecule has 5 heteroatoms. The van der Waals surface area contributed by atoms with Crippen LogP contribution in [-0.2, 0) is 0 Å². The van der Waals surface area contributed by atoms with Crippen LogP contribution in [0.3, 0.4) is 0 Å². The van der Waals surface area contributed by atoms with Crippen molar-refractivity contribution in [1.82, 2.24) is 9.88 Å². The molecule has 5 nitrogen and oxygen atoms in total. The van der Waals surface area contributed by atoms with E-state index in [0.29, 0.717) is 17.2 Å². The second-order valence-electron chi connectivity index (χ2n) is 7.63. The second kappa shape index (κ2) is 7.91. The van der Waals surface area contributed by atoms with Gasteiger partial charge in [-0.05, 0) is 62.8 Å². The molecule has 1 N–H and O–H groups in total. The van der Waals surface area contributed by atoms with Gasteiger partial charge in [0.05, 0.1) is 0 Å². The third kappa shape index (κ3) is 4.35. The molecule has 1 aromatic heterocycles. The number of likely N-dealkylation sites (tertiary alicyclic amines) is 1. The molecular formula is C22H27N3O2. The fraction of sp³-hybridized carbons (Fsp3) is 0.409. The van der Waals surface area contributed by atoms with E-state index in [-0.39, 0.29) is 11.8 Å². The number of hydrogen-bond acceptors (Lipinski definition) is 3. The SMILES string of the molecule is Cc1cc(C)c(NC(=O)c2ccnc(C(=O)N3CCC(C)CC3)c2)c(C)c1. The van der Waals surface area contributed by atoms with E-state index >= 15 is 0 Å². The molecule has 0 spiro atoms. The van der Waals surface area contributed by atoms with Crippen molar-refractivity contribution in [3.8, 4) is 0 Å². The van der Waals surface area contributed by atoms with Crippen molar-refractivity contribution < 1.29 is 9.59 Å². The van der Waals surface area contributed by atoms with Crippen molar-refractivity contribution in [3.63, 3.8) is 0 Å². The third-order valence-corrected chi connectivity index (χ3v) is 5.23. The summed E-state index contributed by atoms with van der Waals surface area (Å²) >= 11 is 0. The predicted octanol–water partition coefficient (Wildman–Crippen LogP) is 4.13.